The number of hydrogen-bond donors (Lipinski definition) is 3. The van der Waals surface area contributed by atoms with E-state index >= 15 is 0 Å². The van der Waals surface area contributed by atoms with E-state index in [4.69, 9.17) is 0 Å². The lowest BCUT2D eigenvalue weighted by atomic mass is 10.3. The summed E-state index contributed by atoms with van der Waals surface area (Å²) in [5, 5.41) is 15.2. The van der Waals surface area contributed by atoms with E-state index in [0.29, 0.717) is 5.13 Å². The predicted molar refractivity (Wildman–Crippen MR) is 55.4 cm³/mol. The van der Waals surface area contributed by atoms with Crippen LogP contribution in [0.2, 0.25) is 0 Å². The minimum Gasteiger partial charge on any atom is -0.381 e. The quantitative estimate of drug-likeness (QED) is 0.659. The third-order valence-corrected chi connectivity index (χ3v) is 2.49. The molecule has 14 heavy (non-hydrogen) atoms. The normalized spacial score (nSPS) is 12.2. The van der Waals surface area contributed by atoms with E-state index in [0.717, 1.165) is 4.88 Å². The van der Waals surface area contributed by atoms with Gasteiger partial charge in [0.15, 0.2) is 5.13 Å². The molecule has 0 aliphatic carbocycles. The van der Waals surface area contributed by atoms with Crippen LogP contribution in [-0.2, 0) is 4.79 Å². The van der Waals surface area contributed by atoms with Crippen LogP contribution in [0.1, 0.15) is 4.88 Å². The molecular formula is C8H13N3O2S. The van der Waals surface area contributed by atoms with E-state index in [1.54, 1.807) is 6.20 Å². The van der Waals surface area contributed by atoms with Gasteiger partial charge in [0.2, 0.25) is 5.91 Å². The summed E-state index contributed by atoms with van der Waals surface area (Å²) < 4.78 is 0. The lowest BCUT2D eigenvalue weighted by molar-refractivity contribution is -0.128. The second kappa shape index (κ2) is 4.92. The summed E-state index contributed by atoms with van der Waals surface area (Å²) in [7, 11) is 1.49. The average Bonchev–Trinajstić information content (AvgIpc) is 2.59. The summed E-state index contributed by atoms with van der Waals surface area (Å²) in [6.45, 7) is 2.12. The number of aromatic nitrogens is 1. The van der Waals surface area contributed by atoms with E-state index in [1.165, 1.54) is 18.4 Å². The molecule has 0 fully saturated rings. The predicted octanol–water partition coefficient (Wildman–Crippen LogP) is -0.0297. The molecule has 1 rings (SSSR count). The Bertz CT molecular complexity index is 313. The summed E-state index contributed by atoms with van der Waals surface area (Å²) in [6, 6.07) is 0. The SMILES string of the molecule is CNC(=O)C(O)CNc1ncc(C)s1. The molecule has 78 valence electrons. The Morgan fingerprint density at radius 1 is 1.79 bits per heavy atom. The van der Waals surface area contributed by atoms with Crippen LogP contribution in [-0.4, -0.2) is 35.7 Å². The van der Waals surface area contributed by atoms with Gasteiger partial charge in [0.05, 0.1) is 6.54 Å². The number of aliphatic hydroxyl groups is 1. The van der Waals surface area contributed by atoms with Crippen LogP contribution < -0.4 is 10.6 Å². The summed E-state index contributed by atoms with van der Waals surface area (Å²) in [5.74, 6) is -0.397. The first-order valence-electron chi connectivity index (χ1n) is 4.19. The lowest BCUT2D eigenvalue weighted by Crippen LogP contribution is -2.36. The van der Waals surface area contributed by atoms with Gasteiger partial charge in [-0.15, -0.1) is 11.3 Å². The monoisotopic (exact) mass is 215 g/mol. The first-order valence-corrected chi connectivity index (χ1v) is 5.01. The fourth-order valence-electron chi connectivity index (χ4n) is 0.880. The molecular weight excluding hydrogens is 202 g/mol. The number of thiazole rings is 1. The van der Waals surface area contributed by atoms with Crippen molar-refractivity contribution in [2.24, 2.45) is 0 Å². The maximum absolute atomic E-state index is 10.9. The Morgan fingerprint density at radius 3 is 3.00 bits per heavy atom. The Morgan fingerprint density at radius 2 is 2.50 bits per heavy atom. The van der Waals surface area contributed by atoms with Crippen LogP contribution in [0, 0.1) is 6.92 Å². The van der Waals surface area contributed by atoms with Crippen molar-refractivity contribution in [3.8, 4) is 0 Å². The number of likely N-dealkylation sites (N-methyl/N-ethyl adjacent to an activating group) is 1. The molecule has 0 aliphatic rings. The number of anilines is 1. The van der Waals surface area contributed by atoms with Crippen LogP contribution in [0.15, 0.2) is 6.20 Å². The second-order valence-electron chi connectivity index (χ2n) is 2.79. The zero-order valence-electron chi connectivity index (χ0n) is 8.07. The molecule has 1 aromatic heterocycles. The third kappa shape index (κ3) is 2.97. The summed E-state index contributed by atoms with van der Waals surface area (Å²) in [4.78, 5) is 16.0. The van der Waals surface area contributed by atoms with Gasteiger partial charge >= 0.3 is 0 Å². The molecule has 0 aromatic carbocycles. The Kier molecular flexibility index (Phi) is 3.84. The highest BCUT2D eigenvalue weighted by Gasteiger charge is 2.12. The average molecular weight is 215 g/mol. The van der Waals surface area contributed by atoms with Gasteiger partial charge in [0.25, 0.3) is 0 Å². The van der Waals surface area contributed by atoms with Gasteiger partial charge < -0.3 is 15.7 Å². The van der Waals surface area contributed by atoms with Crippen molar-refractivity contribution >= 4 is 22.4 Å². The van der Waals surface area contributed by atoms with Gasteiger partial charge in [-0.2, -0.15) is 0 Å². The van der Waals surface area contributed by atoms with E-state index in [-0.39, 0.29) is 6.54 Å². The molecule has 0 saturated heterocycles. The molecule has 1 unspecified atom stereocenters. The first-order chi connectivity index (χ1) is 6.63. The maximum atomic E-state index is 10.9. The standard InChI is InChI=1S/C8H13N3O2S/c1-5-3-10-8(14-5)11-4-6(12)7(13)9-2/h3,6,12H,4H2,1-2H3,(H,9,13)(H,10,11). The van der Waals surface area contributed by atoms with Crippen molar-refractivity contribution in [2.45, 2.75) is 13.0 Å². The topological polar surface area (TPSA) is 74.2 Å². The number of hydrogen-bond acceptors (Lipinski definition) is 5. The van der Waals surface area contributed by atoms with Crippen molar-refractivity contribution in [1.82, 2.24) is 10.3 Å². The number of amides is 1. The second-order valence-corrected chi connectivity index (χ2v) is 4.02. The largest absolute Gasteiger partial charge is 0.381 e. The molecule has 1 amide bonds. The number of carbonyl (C=O) groups is 1. The zero-order chi connectivity index (χ0) is 10.6. The molecule has 5 nitrogen and oxygen atoms in total. The molecule has 0 aliphatic heterocycles. The molecule has 3 N–H and O–H groups in total. The highest BCUT2D eigenvalue weighted by Crippen LogP contribution is 2.15. The third-order valence-electron chi connectivity index (χ3n) is 1.62. The maximum Gasteiger partial charge on any atom is 0.250 e. The molecule has 1 heterocycles. The fourth-order valence-corrected chi connectivity index (χ4v) is 1.55. The zero-order valence-corrected chi connectivity index (χ0v) is 8.89. The fraction of sp³-hybridized carbons (Fsp3) is 0.500. The first kappa shape index (κ1) is 10.9. The molecule has 6 heteroatoms. The number of carbonyl (C=O) groups excluding carboxylic acids is 1. The van der Waals surface area contributed by atoms with Gasteiger partial charge in [-0.25, -0.2) is 4.98 Å². The number of rotatable bonds is 4. The highest BCUT2D eigenvalue weighted by molar-refractivity contribution is 7.15. The lowest BCUT2D eigenvalue weighted by Gasteiger charge is -2.08. The van der Waals surface area contributed by atoms with E-state index in [1.807, 2.05) is 6.92 Å². The van der Waals surface area contributed by atoms with Crippen molar-refractivity contribution in [3.63, 3.8) is 0 Å². The minimum absolute atomic E-state index is 0.173. The smallest absolute Gasteiger partial charge is 0.250 e. The summed E-state index contributed by atoms with van der Waals surface area (Å²) >= 11 is 1.48. The van der Waals surface area contributed by atoms with E-state index < -0.39 is 12.0 Å². The van der Waals surface area contributed by atoms with Gasteiger partial charge in [-0.05, 0) is 6.92 Å². The molecule has 1 atom stereocenters. The van der Waals surface area contributed by atoms with E-state index in [9.17, 15) is 9.90 Å². The van der Waals surface area contributed by atoms with Crippen LogP contribution in [0.3, 0.4) is 0 Å². The number of aliphatic hydroxyl groups excluding tert-OH is 1. The molecule has 0 spiro atoms. The van der Waals surface area contributed by atoms with Crippen molar-refractivity contribution in [1.29, 1.82) is 0 Å². The number of aryl methyl sites for hydroxylation is 1. The Balaban J connectivity index is 2.37. The molecule has 1 aromatic rings. The van der Waals surface area contributed by atoms with Gasteiger partial charge in [-0.3, -0.25) is 4.79 Å². The van der Waals surface area contributed by atoms with Crippen molar-refractivity contribution < 1.29 is 9.90 Å². The van der Waals surface area contributed by atoms with Crippen LogP contribution in [0.4, 0.5) is 5.13 Å². The minimum atomic E-state index is -1.04. The van der Waals surface area contributed by atoms with Crippen LogP contribution in [0.25, 0.3) is 0 Å². The number of nitrogens with one attached hydrogen (secondary N) is 2. The molecule has 0 bridgehead atoms. The van der Waals surface area contributed by atoms with E-state index in [2.05, 4.69) is 15.6 Å². The Labute approximate surface area is 86.2 Å². The van der Waals surface area contributed by atoms with Crippen LogP contribution in [0.5, 0.6) is 0 Å². The van der Waals surface area contributed by atoms with Crippen molar-refractivity contribution in [2.75, 3.05) is 18.9 Å². The summed E-state index contributed by atoms with van der Waals surface area (Å²) in [6.07, 6.45) is 0.698. The van der Waals surface area contributed by atoms with Crippen molar-refractivity contribution in [3.05, 3.63) is 11.1 Å². The highest BCUT2D eigenvalue weighted by atomic mass is 32.1. The Hall–Kier alpha value is -1.14. The summed E-state index contributed by atoms with van der Waals surface area (Å²) in [5.41, 5.74) is 0. The van der Waals surface area contributed by atoms with Gasteiger partial charge in [-0.1, -0.05) is 0 Å². The number of nitrogens with zero attached hydrogens (tertiary/aromatic N) is 1. The van der Waals surface area contributed by atoms with Crippen LogP contribution >= 0.6 is 11.3 Å². The molecule has 0 saturated carbocycles. The van der Waals surface area contributed by atoms with Gasteiger partial charge in [0, 0.05) is 18.1 Å². The molecule has 0 radical (unpaired) electrons. The van der Waals surface area contributed by atoms with Gasteiger partial charge in [0.1, 0.15) is 6.10 Å².